The van der Waals surface area contributed by atoms with E-state index >= 15 is 0 Å². The number of ether oxygens (including phenoxy) is 2. The van der Waals surface area contributed by atoms with Gasteiger partial charge in [0.15, 0.2) is 0 Å². The Morgan fingerprint density at radius 1 is 1.42 bits per heavy atom. The maximum atomic E-state index is 12.5. The Morgan fingerprint density at radius 3 is 2.68 bits per heavy atom. The fourth-order valence-corrected chi connectivity index (χ4v) is 1.37. The molecule has 0 spiro atoms. The van der Waals surface area contributed by atoms with Crippen molar-refractivity contribution in [2.75, 3.05) is 19.0 Å². The predicted molar refractivity (Wildman–Crippen MR) is 62.9 cm³/mol. The smallest absolute Gasteiger partial charge is 0.416 e. The number of methoxy groups -OCH3 is 1. The molecule has 0 aliphatic rings. The van der Waals surface area contributed by atoms with Crippen LogP contribution in [0.15, 0.2) is 24.3 Å². The van der Waals surface area contributed by atoms with Gasteiger partial charge in [-0.2, -0.15) is 13.2 Å². The molecule has 0 aliphatic heterocycles. The third-order valence-corrected chi connectivity index (χ3v) is 2.15. The van der Waals surface area contributed by atoms with Crippen LogP contribution in [0.3, 0.4) is 0 Å². The van der Waals surface area contributed by atoms with E-state index in [1.807, 2.05) is 0 Å². The maximum absolute atomic E-state index is 12.5. The monoisotopic (exact) mass is 277 g/mol. The van der Waals surface area contributed by atoms with Gasteiger partial charge in [0.1, 0.15) is 6.10 Å². The minimum absolute atomic E-state index is 0.0180. The van der Waals surface area contributed by atoms with Gasteiger partial charge >= 0.3 is 12.3 Å². The number of alkyl halides is 3. The summed E-state index contributed by atoms with van der Waals surface area (Å²) in [5.74, 6) is 0. The number of hydrogen-bond donors (Lipinski definition) is 1. The summed E-state index contributed by atoms with van der Waals surface area (Å²) in [6.07, 6.45) is -5.77. The molecule has 0 unspecified atom stereocenters. The zero-order valence-electron chi connectivity index (χ0n) is 10.5. The minimum atomic E-state index is -4.45. The molecule has 0 aliphatic carbocycles. The highest BCUT2D eigenvalue weighted by atomic mass is 19.4. The summed E-state index contributed by atoms with van der Waals surface area (Å²) in [5.41, 5.74) is -0.820. The Balaban J connectivity index is 2.65. The molecule has 7 heteroatoms. The molecule has 0 fully saturated rings. The lowest BCUT2D eigenvalue weighted by Crippen LogP contribution is -2.23. The Kier molecular flexibility index (Phi) is 5.17. The Bertz CT molecular complexity index is 434. The van der Waals surface area contributed by atoms with Crippen LogP contribution < -0.4 is 5.32 Å². The molecule has 0 bridgehead atoms. The first-order chi connectivity index (χ1) is 8.82. The number of rotatable bonds is 4. The Hall–Kier alpha value is -1.76. The third kappa shape index (κ3) is 5.17. The van der Waals surface area contributed by atoms with E-state index in [4.69, 9.17) is 9.47 Å². The highest BCUT2D eigenvalue weighted by Crippen LogP contribution is 2.30. The van der Waals surface area contributed by atoms with Crippen LogP contribution >= 0.6 is 0 Å². The molecule has 1 aromatic rings. The molecule has 19 heavy (non-hydrogen) atoms. The van der Waals surface area contributed by atoms with Crippen LogP contribution in [0.1, 0.15) is 12.5 Å². The first-order valence-electron chi connectivity index (χ1n) is 5.46. The summed E-state index contributed by atoms with van der Waals surface area (Å²) >= 11 is 0. The second-order valence-electron chi connectivity index (χ2n) is 3.87. The van der Waals surface area contributed by atoms with Crippen molar-refractivity contribution in [2.24, 2.45) is 0 Å². The van der Waals surface area contributed by atoms with Gasteiger partial charge in [-0.3, -0.25) is 5.32 Å². The van der Waals surface area contributed by atoms with Crippen LogP contribution in [0, 0.1) is 0 Å². The summed E-state index contributed by atoms with van der Waals surface area (Å²) in [7, 11) is 1.45. The van der Waals surface area contributed by atoms with E-state index in [0.717, 1.165) is 12.1 Å². The number of hydrogen-bond acceptors (Lipinski definition) is 3. The van der Waals surface area contributed by atoms with Crippen molar-refractivity contribution < 1.29 is 27.4 Å². The average molecular weight is 277 g/mol. The van der Waals surface area contributed by atoms with Gasteiger partial charge in [-0.15, -0.1) is 0 Å². The van der Waals surface area contributed by atoms with Crippen molar-refractivity contribution >= 4 is 11.8 Å². The standard InChI is InChI=1S/C12H14F3NO3/c1-8(7-18-2)19-11(17)16-10-5-3-4-9(6-10)12(13,14)15/h3-6,8H,7H2,1-2H3,(H,16,17)/t8-/m0/s1. The average Bonchev–Trinajstić information content (AvgIpc) is 2.28. The van der Waals surface area contributed by atoms with Crippen molar-refractivity contribution in [3.63, 3.8) is 0 Å². The van der Waals surface area contributed by atoms with E-state index in [-0.39, 0.29) is 12.3 Å². The largest absolute Gasteiger partial charge is 0.444 e. The third-order valence-electron chi connectivity index (χ3n) is 2.15. The molecule has 1 rings (SSSR count). The van der Waals surface area contributed by atoms with Gasteiger partial charge in [-0.05, 0) is 25.1 Å². The van der Waals surface area contributed by atoms with Crippen LogP contribution in [0.5, 0.6) is 0 Å². The first kappa shape index (κ1) is 15.3. The van der Waals surface area contributed by atoms with Crippen molar-refractivity contribution in [3.8, 4) is 0 Å². The van der Waals surface area contributed by atoms with Gasteiger partial charge < -0.3 is 9.47 Å². The van der Waals surface area contributed by atoms with E-state index in [1.54, 1.807) is 6.92 Å². The summed E-state index contributed by atoms with van der Waals surface area (Å²) < 4.78 is 47.0. The maximum Gasteiger partial charge on any atom is 0.416 e. The second-order valence-corrected chi connectivity index (χ2v) is 3.87. The van der Waals surface area contributed by atoms with Gasteiger partial charge in [0, 0.05) is 12.8 Å². The van der Waals surface area contributed by atoms with Crippen molar-refractivity contribution in [3.05, 3.63) is 29.8 Å². The molecule has 0 radical (unpaired) electrons. The number of halogens is 3. The fourth-order valence-electron chi connectivity index (χ4n) is 1.37. The number of carbonyl (C=O) groups excluding carboxylic acids is 1. The number of nitrogens with one attached hydrogen (secondary N) is 1. The van der Waals surface area contributed by atoms with Crippen LogP contribution in [-0.2, 0) is 15.7 Å². The van der Waals surface area contributed by atoms with Gasteiger partial charge in [0.2, 0.25) is 0 Å². The molecule has 0 saturated carbocycles. The Labute approximate surface area is 108 Å². The second kappa shape index (κ2) is 6.42. The first-order valence-corrected chi connectivity index (χ1v) is 5.46. The lowest BCUT2D eigenvalue weighted by Gasteiger charge is -2.13. The molecule has 1 atom stereocenters. The minimum Gasteiger partial charge on any atom is -0.444 e. The normalized spacial score (nSPS) is 12.9. The van der Waals surface area contributed by atoms with E-state index in [9.17, 15) is 18.0 Å². The lowest BCUT2D eigenvalue weighted by atomic mass is 10.2. The topological polar surface area (TPSA) is 47.6 Å². The van der Waals surface area contributed by atoms with Gasteiger partial charge in [0.05, 0.1) is 12.2 Å². The summed E-state index contributed by atoms with van der Waals surface area (Å²) in [4.78, 5) is 11.4. The molecule has 1 aromatic carbocycles. The van der Waals surface area contributed by atoms with Gasteiger partial charge in [0.25, 0.3) is 0 Å². The van der Waals surface area contributed by atoms with Crippen LogP contribution in [-0.4, -0.2) is 25.9 Å². The van der Waals surface area contributed by atoms with Crippen molar-refractivity contribution in [1.29, 1.82) is 0 Å². The number of anilines is 1. The summed E-state index contributed by atoms with van der Waals surface area (Å²) in [6.45, 7) is 1.81. The highest BCUT2D eigenvalue weighted by Gasteiger charge is 2.30. The van der Waals surface area contributed by atoms with Crippen LogP contribution in [0.2, 0.25) is 0 Å². The predicted octanol–water partition coefficient (Wildman–Crippen LogP) is 3.29. The molecule has 4 nitrogen and oxygen atoms in total. The highest BCUT2D eigenvalue weighted by molar-refractivity contribution is 5.84. The zero-order chi connectivity index (χ0) is 14.5. The van der Waals surface area contributed by atoms with E-state index < -0.39 is 23.9 Å². The summed E-state index contributed by atoms with van der Waals surface area (Å²) in [5, 5.41) is 2.23. The van der Waals surface area contributed by atoms with E-state index in [1.165, 1.54) is 19.2 Å². The quantitative estimate of drug-likeness (QED) is 0.918. The van der Waals surface area contributed by atoms with E-state index in [2.05, 4.69) is 5.32 Å². The zero-order valence-corrected chi connectivity index (χ0v) is 10.5. The molecule has 0 aromatic heterocycles. The van der Waals surface area contributed by atoms with Gasteiger partial charge in [-0.1, -0.05) is 6.07 Å². The van der Waals surface area contributed by atoms with Crippen molar-refractivity contribution in [2.45, 2.75) is 19.2 Å². The SMILES string of the molecule is COC[C@H](C)OC(=O)Nc1cccc(C(F)(F)F)c1. The number of amides is 1. The molecule has 106 valence electrons. The number of carbonyl (C=O) groups is 1. The lowest BCUT2D eigenvalue weighted by molar-refractivity contribution is -0.137. The Morgan fingerprint density at radius 2 is 2.11 bits per heavy atom. The molecular weight excluding hydrogens is 263 g/mol. The van der Waals surface area contributed by atoms with Crippen LogP contribution in [0.25, 0.3) is 0 Å². The molecule has 1 N–H and O–H groups in total. The molecule has 0 saturated heterocycles. The fraction of sp³-hybridized carbons (Fsp3) is 0.417. The molecule has 1 amide bonds. The molecule has 0 heterocycles. The van der Waals surface area contributed by atoms with Crippen LogP contribution in [0.4, 0.5) is 23.7 Å². The summed E-state index contributed by atoms with van der Waals surface area (Å²) in [6, 6.07) is 4.31. The number of benzene rings is 1. The molecular formula is C12H14F3NO3. The van der Waals surface area contributed by atoms with E-state index in [0.29, 0.717) is 0 Å². The van der Waals surface area contributed by atoms with Crippen molar-refractivity contribution in [1.82, 2.24) is 0 Å². The van der Waals surface area contributed by atoms with Gasteiger partial charge in [-0.25, -0.2) is 4.79 Å².